The van der Waals surface area contributed by atoms with Crippen molar-refractivity contribution in [3.63, 3.8) is 0 Å². The normalized spacial score (nSPS) is 10.9. The van der Waals surface area contributed by atoms with Crippen LogP contribution in [0.2, 0.25) is 10.0 Å². The SMILES string of the molecule is O=C(/C=C/c1cccc(Cl)c1Cl)Nc1cc(F)ccc1F. The zero-order chi connectivity index (χ0) is 15.4. The number of amides is 1. The van der Waals surface area contributed by atoms with Gasteiger partial charge in [0.2, 0.25) is 5.91 Å². The second-order valence-electron chi connectivity index (χ2n) is 4.09. The number of carbonyl (C=O) groups excluding carboxylic acids is 1. The third kappa shape index (κ3) is 4.03. The molecule has 2 aromatic rings. The van der Waals surface area contributed by atoms with E-state index in [2.05, 4.69) is 5.32 Å². The highest BCUT2D eigenvalue weighted by molar-refractivity contribution is 6.42. The summed E-state index contributed by atoms with van der Waals surface area (Å²) in [5.74, 6) is -1.98. The summed E-state index contributed by atoms with van der Waals surface area (Å²) in [5, 5.41) is 2.90. The number of benzene rings is 2. The fourth-order valence-corrected chi connectivity index (χ4v) is 1.95. The summed E-state index contributed by atoms with van der Waals surface area (Å²) in [4.78, 5) is 11.7. The predicted octanol–water partition coefficient (Wildman–Crippen LogP) is 4.92. The minimum Gasteiger partial charge on any atom is -0.320 e. The van der Waals surface area contributed by atoms with Gasteiger partial charge in [-0.2, -0.15) is 0 Å². The standard InChI is InChI=1S/C15H9Cl2F2NO/c16-11-3-1-2-9(15(11)17)4-7-14(21)20-13-8-10(18)5-6-12(13)19/h1-8H,(H,20,21)/b7-4+. The lowest BCUT2D eigenvalue weighted by Gasteiger charge is -2.04. The molecule has 0 bridgehead atoms. The Morgan fingerprint density at radius 2 is 1.90 bits per heavy atom. The van der Waals surface area contributed by atoms with E-state index in [9.17, 15) is 13.6 Å². The summed E-state index contributed by atoms with van der Waals surface area (Å²) in [7, 11) is 0. The second kappa shape index (κ2) is 6.70. The van der Waals surface area contributed by atoms with E-state index in [-0.39, 0.29) is 5.69 Å². The molecule has 2 aromatic carbocycles. The summed E-state index contributed by atoms with van der Waals surface area (Å²) in [6, 6.07) is 7.75. The maximum atomic E-state index is 13.4. The fourth-order valence-electron chi connectivity index (χ4n) is 1.58. The first-order valence-electron chi connectivity index (χ1n) is 5.85. The van der Waals surface area contributed by atoms with Crippen molar-refractivity contribution < 1.29 is 13.6 Å². The van der Waals surface area contributed by atoms with E-state index in [0.717, 1.165) is 24.3 Å². The van der Waals surface area contributed by atoms with Gasteiger partial charge in [-0.1, -0.05) is 35.3 Å². The van der Waals surface area contributed by atoms with Crippen LogP contribution in [-0.4, -0.2) is 5.91 Å². The molecule has 0 unspecified atom stereocenters. The third-order valence-corrected chi connectivity index (χ3v) is 3.42. The molecule has 21 heavy (non-hydrogen) atoms. The highest BCUT2D eigenvalue weighted by atomic mass is 35.5. The lowest BCUT2D eigenvalue weighted by Crippen LogP contribution is -2.09. The van der Waals surface area contributed by atoms with Gasteiger partial charge in [0.15, 0.2) is 0 Å². The first-order chi connectivity index (χ1) is 9.97. The van der Waals surface area contributed by atoms with Gasteiger partial charge in [-0.25, -0.2) is 8.78 Å². The summed E-state index contributed by atoms with van der Waals surface area (Å²) in [6.07, 6.45) is 2.59. The number of nitrogens with one attached hydrogen (secondary N) is 1. The van der Waals surface area contributed by atoms with Gasteiger partial charge < -0.3 is 5.32 Å². The van der Waals surface area contributed by atoms with Crippen LogP contribution in [0.1, 0.15) is 5.56 Å². The van der Waals surface area contributed by atoms with Crippen molar-refractivity contribution in [2.45, 2.75) is 0 Å². The number of hydrogen-bond donors (Lipinski definition) is 1. The molecular formula is C15H9Cl2F2NO. The van der Waals surface area contributed by atoms with Gasteiger partial charge >= 0.3 is 0 Å². The van der Waals surface area contributed by atoms with E-state index in [4.69, 9.17) is 23.2 Å². The molecule has 0 fully saturated rings. The van der Waals surface area contributed by atoms with E-state index in [1.54, 1.807) is 18.2 Å². The minimum atomic E-state index is -0.723. The van der Waals surface area contributed by atoms with Crippen LogP contribution in [0.4, 0.5) is 14.5 Å². The molecule has 0 radical (unpaired) electrons. The molecule has 0 aliphatic carbocycles. The van der Waals surface area contributed by atoms with Crippen molar-refractivity contribution in [1.82, 2.24) is 0 Å². The van der Waals surface area contributed by atoms with Crippen LogP contribution in [-0.2, 0) is 4.79 Å². The Bertz CT molecular complexity index is 717. The summed E-state index contributed by atoms with van der Waals surface area (Å²) < 4.78 is 26.3. The summed E-state index contributed by atoms with van der Waals surface area (Å²) in [5.41, 5.74) is 0.306. The lowest BCUT2D eigenvalue weighted by atomic mass is 10.2. The van der Waals surface area contributed by atoms with Gasteiger partial charge in [-0.3, -0.25) is 4.79 Å². The summed E-state index contributed by atoms with van der Waals surface area (Å²) in [6.45, 7) is 0. The Labute approximate surface area is 130 Å². The zero-order valence-corrected chi connectivity index (χ0v) is 12.1. The highest BCUT2D eigenvalue weighted by Crippen LogP contribution is 2.26. The fraction of sp³-hybridized carbons (Fsp3) is 0. The van der Waals surface area contributed by atoms with Crippen molar-refractivity contribution in [2.75, 3.05) is 5.32 Å². The van der Waals surface area contributed by atoms with Crippen LogP contribution in [0.5, 0.6) is 0 Å². The van der Waals surface area contributed by atoms with Crippen molar-refractivity contribution in [2.24, 2.45) is 0 Å². The number of rotatable bonds is 3. The van der Waals surface area contributed by atoms with Crippen LogP contribution in [0, 0.1) is 11.6 Å². The van der Waals surface area contributed by atoms with Crippen LogP contribution in [0.15, 0.2) is 42.5 Å². The van der Waals surface area contributed by atoms with Gasteiger partial charge in [0, 0.05) is 12.1 Å². The smallest absolute Gasteiger partial charge is 0.248 e. The molecule has 0 aromatic heterocycles. The lowest BCUT2D eigenvalue weighted by molar-refractivity contribution is -0.111. The van der Waals surface area contributed by atoms with Crippen molar-refractivity contribution in [3.8, 4) is 0 Å². The number of hydrogen-bond acceptors (Lipinski definition) is 1. The molecule has 1 N–H and O–H groups in total. The molecule has 2 nitrogen and oxygen atoms in total. The molecule has 0 heterocycles. The largest absolute Gasteiger partial charge is 0.320 e. The first-order valence-corrected chi connectivity index (χ1v) is 6.61. The van der Waals surface area contributed by atoms with Crippen molar-refractivity contribution >= 4 is 40.9 Å². The number of halogens is 4. The summed E-state index contributed by atoms with van der Waals surface area (Å²) >= 11 is 11.8. The van der Waals surface area contributed by atoms with E-state index in [0.29, 0.717) is 15.6 Å². The van der Waals surface area contributed by atoms with Crippen LogP contribution in [0.25, 0.3) is 6.08 Å². The van der Waals surface area contributed by atoms with Crippen LogP contribution >= 0.6 is 23.2 Å². The zero-order valence-electron chi connectivity index (χ0n) is 10.5. The molecule has 0 aliphatic heterocycles. The molecule has 108 valence electrons. The minimum absolute atomic E-state index is 0.234. The monoisotopic (exact) mass is 327 g/mol. The Morgan fingerprint density at radius 3 is 2.67 bits per heavy atom. The molecule has 0 spiro atoms. The van der Waals surface area contributed by atoms with Crippen molar-refractivity contribution in [3.05, 3.63) is 69.7 Å². The molecular weight excluding hydrogens is 319 g/mol. The third-order valence-electron chi connectivity index (χ3n) is 2.58. The molecule has 0 saturated carbocycles. The van der Waals surface area contributed by atoms with E-state index in [1.165, 1.54) is 6.08 Å². The average Bonchev–Trinajstić information content (AvgIpc) is 2.44. The molecule has 6 heteroatoms. The average molecular weight is 328 g/mol. The quantitative estimate of drug-likeness (QED) is 0.796. The Hall–Kier alpha value is -1.91. The van der Waals surface area contributed by atoms with Gasteiger partial charge in [-0.15, -0.1) is 0 Å². The molecule has 0 atom stereocenters. The molecule has 0 aliphatic rings. The molecule has 0 saturated heterocycles. The first kappa shape index (κ1) is 15.5. The van der Waals surface area contributed by atoms with Crippen molar-refractivity contribution in [1.29, 1.82) is 0 Å². The van der Waals surface area contributed by atoms with Gasteiger partial charge in [0.25, 0.3) is 0 Å². The van der Waals surface area contributed by atoms with Gasteiger partial charge in [-0.05, 0) is 29.8 Å². The Balaban J connectivity index is 2.13. The van der Waals surface area contributed by atoms with E-state index in [1.807, 2.05) is 0 Å². The number of anilines is 1. The van der Waals surface area contributed by atoms with Crippen LogP contribution in [0.3, 0.4) is 0 Å². The number of carbonyl (C=O) groups is 1. The van der Waals surface area contributed by atoms with Crippen LogP contribution < -0.4 is 5.32 Å². The molecule has 2 rings (SSSR count). The predicted molar refractivity (Wildman–Crippen MR) is 80.5 cm³/mol. The maximum absolute atomic E-state index is 13.4. The topological polar surface area (TPSA) is 29.1 Å². The molecule has 1 amide bonds. The van der Waals surface area contributed by atoms with Gasteiger partial charge in [0.05, 0.1) is 15.7 Å². The Kier molecular flexibility index (Phi) is 4.94. The second-order valence-corrected chi connectivity index (χ2v) is 4.87. The van der Waals surface area contributed by atoms with Gasteiger partial charge in [0.1, 0.15) is 11.6 Å². The van der Waals surface area contributed by atoms with E-state index < -0.39 is 17.5 Å². The Morgan fingerprint density at radius 1 is 1.14 bits per heavy atom. The highest BCUT2D eigenvalue weighted by Gasteiger charge is 2.06. The van der Waals surface area contributed by atoms with E-state index >= 15 is 0 Å². The maximum Gasteiger partial charge on any atom is 0.248 e.